The second-order valence-electron chi connectivity index (χ2n) is 9.62. The number of aliphatic carboxylic acids is 2. The van der Waals surface area contributed by atoms with Crippen LogP contribution in [0.25, 0.3) is 0 Å². The molecule has 0 spiro atoms. The first kappa shape index (κ1) is 32.9. The smallest absolute Gasteiger partial charge is 0.336 e. The Morgan fingerprint density at radius 2 is 0.706 bits per heavy atom. The molecule has 34 heavy (non-hydrogen) atoms. The number of hydrogen-bond donors (Lipinski definition) is 2. The minimum atomic E-state index is -1.46. The maximum atomic E-state index is 11.6. The van der Waals surface area contributed by atoms with Crippen molar-refractivity contribution in [2.24, 2.45) is 0 Å². The molecule has 0 rings (SSSR count). The van der Waals surface area contributed by atoms with E-state index in [0.29, 0.717) is 0 Å². The van der Waals surface area contributed by atoms with E-state index in [1.807, 2.05) is 0 Å². The minimum absolute atomic E-state index is 0.249. The van der Waals surface area contributed by atoms with Crippen LogP contribution in [-0.4, -0.2) is 47.6 Å². The highest BCUT2D eigenvalue weighted by Gasteiger charge is 2.35. The van der Waals surface area contributed by atoms with Gasteiger partial charge in [-0.15, -0.1) is 0 Å². The molecule has 2 atom stereocenters. The summed E-state index contributed by atoms with van der Waals surface area (Å²) in [7, 11) is 0. The Hall–Kier alpha value is -1.14. The summed E-state index contributed by atoms with van der Waals surface area (Å²) < 4.78 is 10.9. The summed E-state index contributed by atoms with van der Waals surface area (Å²) in [6.07, 6.45) is 20.6. The lowest BCUT2D eigenvalue weighted by atomic mass is 10.1. The molecular weight excluding hydrogens is 432 g/mol. The number of carbonyl (C=O) groups is 2. The number of carboxylic acid groups (broad SMARTS) is 2. The van der Waals surface area contributed by atoms with Gasteiger partial charge in [-0.1, -0.05) is 129 Å². The van der Waals surface area contributed by atoms with Crippen molar-refractivity contribution < 1.29 is 29.3 Å². The van der Waals surface area contributed by atoms with Crippen LogP contribution in [0, 0.1) is 0 Å². The molecule has 0 saturated heterocycles. The van der Waals surface area contributed by atoms with Gasteiger partial charge in [-0.25, -0.2) is 9.59 Å². The Morgan fingerprint density at radius 1 is 0.471 bits per heavy atom. The third kappa shape index (κ3) is 20.3. The molecule has 0 amide bonds. The van der Waals surface area contributed by atoms with Crippen LogP contribution in [0.2, 0.25) is 0 Å². The summed E-state index contributed by atoms with van der Waals surface area (Å²) in [4.78, 5) is 23.2. The largest absolute Gasteiger partial charge is 0.479 e. The number of rotatable bonds is 27. The van der Waals surface area contributed by atoms with Gasteiger partial charge >= 0.3 is 11.9 Å². The quantitative estimate of drug-likeness (QED) is 0.115. The fourth-order valence-electron chi connectivity index (χ4n) is 4.18. The van der Waals surface area contributed by atoms with Crippen molar-refractivity contribution in [3.05, 3.63) is 0 Å². The molecule has 6 heteroatoms. The standard InChI is InChI=1S/C28H54O6/c1-3-5-7-9-11-13-15-17-19-21-23-33-25(27(29)30)26(28(31)32)34-24-22-20-18-16-14-12-10-8-6-4-2/h25-26H,3-24H2,1-2H3,(H,29,30)(H,31,32)/t25-,26-/m1/s1. The lowest BCUT2D eigenvalue weighted by Crippen LogP contribution is -2.44. The SMILES string of the molecule is CCCCCCCCCCCCO[C@@H](C(=O)O)[C@@H](OCCCCCCCCCCCC)C(=O)O. The van der Waals surface area contributed by atoms with E-state index in [1.54, 1.807) is 0 Å². The number of hydrogen-bond acceptors (Lipinski definition) is 4. The van der Waals surface area contributed by atoms with E-state index < -0.39 is 24.1 Å². The highest BCUT2D eigenvalue weighted by Crippen LogP contribution is 2.14. The third-order valence-electron chi connectivity index (χ3n) is 6.35. The van der Waals surface area contributed by atoms with E-state index in [4.69, 9.17) is 9.47 Å². The van der Waals surface area contributed by atoms with Crippen molar-refractivity contribution in [3.63, 3.8) is 0 Å². The molecule has 202 valence electrons. The average Bonchev–Trinajstić information content (AvgIpc) is 2.81. The summed E-state index contributed by atoms with van der Waals surface area (Å²) >= 11 is 0. The van der Waals surface area contributed by atoms with Crippen LogP contribution < -0.4 is 0 Å². The van der Waals surface area contributed by atoms with E-state index in [0.717, 1.165) is 38.5 Å². The first-order valence-electron chi connectivity index (χ1n) is 14.2. The topological polar surface area (TPSA) is 93.1 Å². The molecule has 0 bridgehead atoms. The molecule has 0 fully saturated rings. The van der Waals surface area contributed by atoms with Gasteiger partial charge in [0.15, 0.2) is 12.2 Å². The first-order valence-corrected chi connectivity index (χ1v) is 14.2. The van der Waals surface area contributed by atoms with Crippen molar-refractivity contribution in [1.29, 1.82) is 0 Å². The summed E-state index contributed by atoms with van der Waals surface area (Å²) in [5.41, 5.74) is 0. The first-order chi connectivity index (χ1) is 16.5. The molecule has 0 saturated carbocycles. The van der Waals surface area contributed by atoms with Gasteiger partial charge in [0.25, 0.3) is 0 Å². The molecule has 0 aromatic rings. The number of ether oxygens (including phenoxy) is 2. The van der Waals surface area contributed by atoms with E-state index in [9.17, 15) is 19.8 Å². The zero-order valence-electron chi connectivity index (χ0n) is 22.2. The second kappa shape index (κ2) is 25.0. The van der Waals surface area contributed by atoms with Gasteiger partial charge in [0.05, 0.1) is 0 Å². The Bertz CT molecular complexity index is 426. The van der Waals surface area contributed by atoms with E-state index >= 15 is 0 Å². The van der Waals surface area contributed by atoms with Crippen LogP contribution in [0.5, 0.6) is 0 Å². The summed E-state index contributed by atoms with van der Waals surface area (Å²) in [6, 6.07) is 0. The molecule has 0 unspecified atom stereocenters. The zero-order chi connectivity index (χ0) is 25.3. The van der Waals surface area contributed by atoms with Gasteiger partial charge in [0.1, 0.15) is 0 Å². The highest BCUT2D eigenvalue weighted by atomic mass is 16.6. The molecule has 0 aliphatic rings. The summed E-state index contributed by atoms with van der Waals surface area (Å²) in [5, 5.41) is 18.9. The Balaban J connectivity index is 3.92. The summed E-state index contributed by atoms with van der Waals surface area (Å²) in [5.74, 6) is -2.55. The lowest BCUT2D eigenvalue weighted by Gasteiger charge is -2.21. The summed E-state index contributed by atoms with van der Waals surface area (Å²) in [6.45, 7) is 4.94. The predicted molar refractivity (Wildman–Crippen MR) is 138 cm³/mol. The Morgan fingerprint density at radius 3 is 0.941 bits per heavy atom. The van der Waals surface area contributed by atoms with Crippen LogP contribution in [0.3, 0.4) is 0 Å². The number of unbranched alkanes of at least 4 members (excludes halogenated alkanes) is 18. The minimum Gasteiger partial charge on any atom is -0.479 e. The maximum Gasteiger partial charge on any atom is 0.336 e. The van der Waals surface area contributed by atoms with Gasteiger partial charge < -0.3 is 19.7 Å². The molecule has 0 aromatic heterocycles. The van der Waals surface area contributed by atoms with Crippen LogP contribution in [0.1, 0.15) is 142 Å². The molecule has 0 aliphatic heterocycles. The van der Waals surface area contributed by atoms with Crippen molar-refractivity contribution in [2.75, 3.05) is 13.2 Å². The van der Waals surface area contributed by atoms with Gasteiger partial charge in [0.2, 0.25) is 0 Å². The molecule has 2 N–H and O–H groups in total. The van der Waals surface area contributed by atoms with Crippen LogP contribution >= 0.6 is 0 Å². The van der Waals surface area contributed by atoms with Gasteiger partial charge in [-0.2, -0.15) is 0 Å². The van der Waals surface area contributed by atoms with E-state index in [1.165, 1.54) is 89.9 Å². The van der Waals surface area contributed by atoms with Crippen molar-refractivity contribution in [2.45, 2.75) is 154 Å². The Labute approximate surface area is 209 Å². The second-order valence-corrected chi connectivity index (χ2v) is 9.62. The van der Waals surface area contributed by atoms with Crippen LogP contribution in [-0.2, 0) is 19.1 Å². The van der Waals surface area contributed by atoms with Crippen LogP contribution in [0.15, 0.2) is 0 Å². The van der Waals surface area contributed by atoms with Gasteiger partial charge in [-0.3, -0.25) is 0 Å². The molecule has 0 aliphatic carbocycles. The Kier molecular flexibility index (Phi) is 24.1. The van der Waals surface area contributed by atoms with Gasteiger partial charge in [-0.05, 0) is 12.8 Å². The highest BCUT2D eigenvalue weighted by molar-refractivity contribution is 5.83. The van der Waals surface area contributed by atoms with Crippen LogP contribution in [0.4, 0.5) is 0 Å². The fourth-order valence-corrected chi connectivity index (χ4v) is 4.18. The van der Waals surface area contributed by atoms with E-state index in [-0.39, 0.29) is 13.2 Å². The molecular formula is C28H54O6. The third-order valence-corrected chi connectivity index (χ3v) is 6.35. The molecule has 0 aromatic carbocycles. The monoisotopic (exact) mass is 486 g/mol. The van der Waals surface area contributed by atoms with Crippen molar-refractivity contribution >= 4 is 11.9 Å². The van der Waals surface area contributed by atoms with Crippen molar-refractivity contribution in [1.82, 2.24) is 0 Å². The maximum absolute atomic E-state index is 11.6. The molecule has 0 heterocycles. The molecule has 6 nitrogen and oxygen atoms in total. The number of carboxylic acids is 2. The normalized spacial score (nSPS) is 13.1. The van der Waals surface area contributed by atoms with E-state index in [2.05, 4.69) is 13.8 Å². The molecule has 0 radical (unpaired) electrons. The fraction of sp³-hybridized carbons (Fsp3) is 0.929. The van der Waals surface area contributed by atoms with Crippen molar-refractivity contribution in [3.8, 4) is 0 Å². The predicted octanol–water partition coefficient (Wildman–Crippen LogP) is 7.77. The zero-order valence-corrected chi connectivity index (χ0v) is 22.2. The van der Waals surface area contributed by atoms with Gasteiger partial charge in [0, 0.05) is 13.2 Å². The lowest BCUT2D eigenvalue weighted by molar-refractivity contribution is -0.176. The average molecular weight is 487 g/mol.